The van der Waals surface area contributed by atoms with E-state index in [4.69, 9.17) is 4.89 Å². The van der Waals surface area contributed by atoms with Crippen molar-refractivity contribution in [2.75, 3.05) is 20.8 Å². The van der Waals surface area contributed by atoms with Gasteiger partial charge in [-0.1, -0.05) is 0 Å². The number of hydrogen-bond acceptors (Lipinski definition) is 6. The van der Waals surface area contributed by atoms with Crippen molar-refractivity contribution in [3.63, 3.8) is 0 Å². The number of esters is 2. The summed E-state index contributed by atoms with van der Waals surface area (Å²) < 4.78 is 8.94. The van der Waals surface area contributed by atoms with Crippen LogP contribution in [0.2, 0.25) is 0 Å². The fourth-order valence-corrected chi connectivity index (χ4v) is 1.11. The standard InChI is InChI=1S/C9H12O6/c1-12-8(10)4-3-7-6(5-14-15-7)9(11)13-2/h3-4,6-7H,5H2,1-2H3/b4-3-/t6-,7-/m1/s1. The summed E-state index contributed by atoms with van der Waals surface area (Å²) in [5, 5.41) is 0. The molecule has 1 heterocycles. The number of carbonyl (C=O) groups is 2. The average Bonchev–Trinajstić information content (AvgIpc) is 2.72. The van der Waals surface area contributed by atoms with E-state index >= 15 is 0 Å². The number of carbonyl (C=O) groups excluding carboxylic acids is 2. The minimum Gasteiger partial charge on any atom is -0.469 e. The lowest BCUT2D eigenvalue weighted by Crippen LogP contribution is -2.26. The number of methoxy groups -OCH3 is 2. The molecular weight excluding hydrogens is 204 g/mol. The normalized spacial score (nSPS) is 25.5. The minimum atomic E-state index is -0.614. The van der Waals surface area contributed by atoms with E-state index in [1.54, 1.807) is 0 Å². The molecule has 0 unspecified atom stereocenters. The van der Waals surface area contributed by atoms with E-state index in [0.29, 0.717) is 0 Å². The second kappa shape index (κ2) is 5.47. The second-order valence-corrected chi connectivity index (χ2v) is 2.86. The monoisotopic (exact) mass is 216 g/mol. The lowest BCUT2D eigenvalue weighted by Gasteiger charge is -2.08. The van der Waals surface area contributed by atoms with E-state index in [2.05, 4.69) is 14.4 Å². The Labute approximate surface area is 86.7 Å². The summed E-state index contributed by atoms with van der Waals surface area (Å²) in [4.78, 5) is 31.4. The molecule has 84 valence electrons. The van der Waals surface area contributed by atoms with Gasteiger partial charge in [0.15, 0.2) is 0 Å². The van der Waals surface area contributed by atoms with Crippen molar-refractivity contribution < 1.29 is 28.8 Å². The molecule has 0 aromatic heterocycles. The predicted molar refractivity (Wildman–Crippen MR) is 47.5 cm³/mol. The highest BCUT2D eigenvalue weighted by molar-refractivity contribution is 5.82. The molecule has 15 heavy (non-hydrogen) atoms. The zero-order valence-corrected chi connectivity index (χ0v) is 8.47. The van der Waals surface area contributed by atoms with Gasteiger partial charge in [-0.3, -0.25) is 4.79 Å². The highest BCUT2D eigenvalue weighted by atomic mass is 17.2. The van der Waals surface area contributed by atoms with Crippen molar-refractivity contribution in [3.05, 3.63) is 12.2 Å². The molecule has 2 atom stereocenters. The van der Waals surface area contributed by atoms with E-state index in [0.717, 1.165) is 0 Å². The summed E-state index contributed by atoms with van der Waals surface area (Å²) in [6, 6.07) is 0. The first-order valence-electron chi connectivity index (χ1n) is 4.31. The van der Waals surface area contributed by atoms with Gasteiger partial charge >= 0.3 is 11.9 Å². The molecule has 0 amide bonds. The molecule has 0 N–H and O–H groups in total. The van der Waals surface area contributed by atoms with Gasteiger partial charge in [-0.2, -0.15) is 0 Å². The fourth-order valence-electron chi connectivity index (χ4n) is 1.11. The molecule has 0 saturated carbocycles. The van der Waals surface area contributed by atoms with Crippen LogP contribution in [0.25, 0.3) is 0 Å². The average molecular weight is 216 g/mol. The highest BCUT2D eigenvalue weighted by Crippen LogP contribution is 2.19. The van der Waals surface area contributed by atoms with E-state index in [9.17, 15) is 9.59 Å². The Bertz CT molecular complexity index is 272. The molecule has 0 radical (unpaired) electrons. The van der Waals surface area contributed by atoms with E-state index in [1.807, 2.05) is 0 Å². The Morgan fingerprint density at radius 2 is 2.07 bits per heavy atom. The van der Waals surface area contributed by atoms with Crippen LogP contribution < -0.4 is 0 Å². The van der Waals surface area contributed by atoms with Gasteiger partial charge in [0, 0.05) is 6.08 Å². The topological polar surface area (TPSA) is 71.1 Å². The summed E-state index contributed by atoms with van der Waals surface area (Å²) in [6.07, 6.45) is 1.96. The lowest BCUT2D eigenvalue weighted by molar-refractivity contribution is -0.265. The molecule has 1 saturated heterocycles. The van der Waals surface area contributed by atoms with Gasteiger partial charge in [0.05, 0.1) is 20.8 Å². The molecule has 1 aliphatic heterocycles. The fraction of sp³-hybridized carbons (Fsp3) is 0.556. The zero-order chi connectivity index (χ0) is 11.3. The van der Waals surface area contributed by atoms with Gasteiger partial charge in [-0.05, 0) is 6.08 Å². The number of hydrogen-bond donors (Lipinski definition) is 0. The van der Waals surface area contributed by atoms with Crippen LogP contribution in [0.4, 0.5) is 0 Å². The zero-order valence-electron chi connectivity index (χ0n) is 8.47. The molecule has 0 aromatic carbocycles. The van der Waals surface area contributed by atoms with Crippen molar-refractivity contribution in [3.8, 4) is 0 Å². The van der Waals surface area contributed by atoms with Gasteiger partial charge in [-0.25, -0.2) is 14.6 Å². The maximum atomic E-state index is 11.2. The molecule has 0 bridgehead atoms. The first kappa shape index (κ1) is 11.7. The van der Waals surface area contributed by atoms with Crippen LogP contribution in [0.1, 0.15) is 0 Å². The first-order chi connectivity index (χ1) is 7.19. The quantitative estimate of drug-likeness (QED) is 0.370. The van der Waals surface area contributed by atoms with Crippen molar-refractivity contribution >= 4 is 11.9 Å². The van der Waals surface area contributed by atoms with Crippen LogP contribution in [-0.4, -0.2) is 38.9 Å². The van der Waals surface area contributed by atoms with Gasteiger partial charge in [0.2, 0.25) is 0 Å². The van der Waals surface area contributed by atoms with Crippen LogP contribution in [0.3, 0.4) is 0 Å². The Hall–Kier alpha value is -1.40. The number of rotatable bonds is 3. The summed E-state index contributed by atoms with van der Waals surface area (Å²) in [7, 11) is 2.54. The number of ether oxygens (including phenoxy) is 2. The van der Waals surface area contributed by atoms with Gasteiger partial charge in [-0.15, -0.1) is 0 Å². The third kappa shape index (κ3) is 3.03. The summed E-state index contributed by atoms with van der Waals surface area (Å²) in [5.74, 6) is -1.50. The first-order valence-corrected chi connectivity index (χ1v) is 4.31. The van der Waals surface area contributed by atoms with Gasteiger partial charge in [0.1, 0.15) is 12.0 Å². The second-order valence-electron chi connectivity index (χ2n) is 2.86. The van der Waals surface area contributed by atoms with E-state index in [1.165, 1.54) is 26.4 Å². The molecule has 6 heteroatoms. The van der Waals surface area contributed by atoms with E-state index in [-0.39, 0.29) is 6.61 Å². The molecule has 0 aromatic rings. The van der Waals surface area contributed by atoms with Crippen LogP contribution in [0, 0.1) is 5.92 Å². The predicted octanol–water partition coefficient (Wildman–Crippen LogP) is -0.165. The van der Waals surface area contributed by atoms with Gasteiger partial charge in [0.25, 0.3) is 0 Å². The largest absolute Gasteiger partial charge is 0.469 e. The smallest absolute Gasteiger partial charge is 0.330 e. The van der Waals surface area contributed by atoms with Crippen molar-refractivity contribution in [1.82, 2.24) is 0 Å². The maximum Gasteiger partial charge on any atom is 0.330 e. The van der Waals surface area contributed by atoms with Gasteiger partial charge < -0.3 is 9.47 Å². The van der Waals surface area contributed by atoms with Crippen molar-refractivity contribution in [2.45, 2.75) is 6.10 Å². The van der Waals surface area contributed by atoms with Crippen LogP contribution in [-0.2, 0) is 28.8 Å². The van der Waals surface area contributed by atoms with Crippen LogP contribution in [0.5, 0.6) is 0 Å². The molecule has 1 aliphatic rings. The summed E-state index contributed by atoms with van der Waals surface area (Å²) in [6.45, 7) is 0.114. The molecule has 0 spiro atoms. The Kier molecular flexibility index (Phi) is 4.26. The molecular formula is C9H12O6. The Morgan fingerprint density at radius 1 is 1.33 bits per heavy atom. The third-order valence-electron chi connectivity index (χ3n) is 1.95. The highest BCUT2D eigenvalue weighted by Gasteiger charge is 2.35. The SMILES string of the molecule is COC(=O)/C=C\[C@H]1OOC[C@H]1C(=O)OC. The summed E-state index contributed by atoms with van der Waals surface area (Å²) >= 11 is 0. The molecule has 0 aliphatic carbocycles. The molecule has 1 rings (SSSR count). The summed E-state index contributed by atoms with van der Waals surface area (Å²) in [5.41, 5.74) is 0. The molecule has 6 nitrogen and oxygen atoms in total. The van der Waals surface area contributed by atoms with Crippen LogP contribution >= 0.6 is 0 Å². The lowest BCUT2D eigenvalue weighted by atomic mass is 10.0. The molecule has 1 fully saturated rings. The third-order valence-corrected chi connectivity index (χ3v) is 1.95. The van der Waals surface area contributed by atoms with E-state index < -0.39 is 24.0 Å². The maximum absolute atomic E-state index is 11.2. The van der Waals surface area contributed by atoms with Crippen LogP contribution in [0.15, 0.2) is 12.2 Å². The van der Waals surface area contributed by atoms with Crippen molar-refractivity contribution in [2.24, 2.45) is 5.92 Å². The minimum absolute atomic E-state index is 0.114. The van der Waals surface area contributed by atoms with Crippen molar-refractivity contribution in [1.29, 1.82) is 0 Å². The Morgan fingerprint density at radius 3 is 2.67 bits per heavy atom. The Balaban J connectivity index is 2.57.